The van der Waals surface area contributed by atoms with Crippen LogP contribution >= 0.6 is 0 Å². The molecule has 2 saturated heterocycles. The van der Waals surface area contributed by atoms with Crippen LogP contribution in [0.15, 0.2) is 23.0 Å². The summed E-state index contributed by atoms with van der Waals surface area (Å²) >= 11 is 0. The average Bonchev–Trinajstić information content (AvgIpc) is 3.25. The van der Waals surface area contributed by atoms with Gasteiger partial charge in [-0.1, -0.05) is 6.92 Å². The van der Waals surface area contributed by atoms with Gasteiger partial charge in [0.15, 0.2) is 0 Å². The Morgan fingerprint density at radius 1 is 1.18 bits per heavy atom. The van der Waals surface area contributed by atoms with Crippen molar-refractivity contribution < 1.29 is 33.0 Å². The molecule has 0 aromatic carbocycles. The average molecular weight is 388 g/mol. The molecule has 150 valence electrons. The highest BCUT2D eigenvalue weighted by molar-refractivity contribution is 5.78. The first-order valence-corrected chi connectivity index (χ1v) is 9.97. The van der Waals surface area contributed by atoms with Crippen molar-refractivity contribution in [3.63, 3.8) is 0 Å². The van der Waals surface area contributed by atoms with E-state index < -0.39 is 6.10 Å². The maximum atomic E-state index is 13.0. The Bertz CT molecular complexity index is 815. The molecule has 4 aliphatic rings. The van der Waals surface area contributed by atoms with Gasteiger partial charge in [0.1, 0.15) is 18.3 Å². The van der Waals surface area contributed by atoms with Gasteiger partial charge in [0.2, 0.25) is 0 Å². The normalized spacial score (nSPS) is 44.1. The summed E-state index contributed by atoms with van der Waals surface area (Å²) in [5, 5.41) is 0. The maximum Gasteiger partial charge on any atom is 0.310 e. The molecule has 7 nitrogen and oxygen atoms in total. The molecule has 0 radical (unpaired) electrons. The molecule has 3 heterocycles. The summed E-state index contributed by atoms with van der Waals surface area (Å²) in [6.45, 7) is 3.50. The fourth-order valence-electron chi connectivity index (χ4n) is 6.31. The molecule has 4 fully saturated rings. The highest BCUT2D eigenvalue weighted by atomic mass is 16.6. The van der Waals surface area contributed by atoms with Crippen molar-refractivity contribution >= 4 is 17.9 Å². The Hall–Kier alpha value is -2.31. The van der Waals surface area contributed by atoms with Gasteiger partial charge in [-0.25, -0.2) is 0 Å². The zero-order valence-corrected chi connectivity index (χ0v) is 16.0. The fraction of sp³-hybridized carbons (Fsp3) is 0.667. The van der Waals surface area contributed by atoms with Gasteiger partial charge in [-0.05, 0) is 43.1 Å². The van der Waals surface area contributed by atoms with E-state index in [1.165, 1.54) is 6.92 Å². The molecule has 8 atom stereocenters. The Morgan fingerprint density at radius 2 is 2.00 bits per heavy atom. The largest absolute Gasteiger partial charge is 0.472 e. The van der Waals surface area contributed by atoms with Crippen LogP contribution in [0.1, 0.15) is 51.2 Å². The lowest BCUT2D eigenvalue weighted by Crippen LogP contribution is -2.59. The SMILES string of the molecule is CC(=O)O[C@H]1C[C@H]2C(=O)O[C@H](c3ccoc3)C[C@@]2(C)[C@@H]2C[C@@H]3C[C@@H](C(=O)O3)[C@@H]12. The van der Waals surface area contributed by atoms with Crippen LogP contribution in [0.5, 0.6) is 0 Å². The van der Waals surface area contributed by atoms with Crippen molar-refractivity contribution in [2.45, 2.75) is 57.8 Å². The second-order valence-electron chi connectivity index (χ2n) is 8.95. The molecule has 0 amide bonds. The lowest BCUT2D eigenvalue weighted by Gasteiger charge is -2.57. The Labute approximate surface area is 162 Å². The van der Waals surface area contributed by atoms with Crippen LogP contribution in [0.2, 0.25) is 0 Å². The van der Waals surface area contributed by atoms with Crippen molar-refractivity contribution in [3.8, 4) is 0 Å². The van der Waals surface area contributed by atoms with Crippen molar-refractivity contribution in [2.24, 2.45) is 29.1 Å². The lowest BCUT2D eigenvalue weighted by molar-refractivity contribution is -0.207. The fourth-order valence-corrected chi connectivity index (χ4v) is 6.31. The number of carbonyl (C=O) groups is 3. The third-order valence-corrected chi connectivity index (χ3v) is 7.49. The number of fused-ring (bicyclic) bond motifs is 6. The zero-order chi connectivity index (χ0) is 19.6. The van der Waals surface area contributed by atoms with Crippen molar-refractivity contribution in [1.82, 2.24) is 0 Å². The quantitative estimate of drug-likeness (QED) is 0.568. The van der Waals surface area contributed by atoms with E-state index in [2.05, 4.69) is 6.92 Å². The van der Waals surface area contributed by atoms with E-state index in [1.54, 1.807) is 12.5 Å². The summed E-state index contributed by atoms with van der Waals surface area (Å²) in [5.74, 6) is -1.55. The van der Waals surface area contributed by atoms with Crippen LogP contribution in [0.3, 0.4) is 0 Å². The number of carbonyl (C=O) groups excluding carboxylic acids is 3. The first-order chi connectivity index (χ1) is 13.4. The lowest BCUT2D eigenvalue weighted by atomic mass is 9.48. The molecule has 5 rings (SSSR count). The van der Waals surface area contributed by atoms with Crippen LogP contribution in [0.25, 0.3) is 0 Å². The van der Waals surface area contributed by atoms with Crippen LogP contribution in [-0.2, 0) is 28.6 Å². The molecule has 28 heavy (non-hydrogen) atoms. The number of ether oxygens (including phenoxy) is 3. The van der Waals surface area contributed by atoms with Crippen LogP contribution in [0, 0.1) is 29.1 Å². The van der Waals surface area contributed by atoms with Gasteiger partial charge in [-0.2, -0.15) is 0 Å². The highest BCUT2D eigenvalue weighted by Gasteiger charge is 2.65. The predicted molar refractivity (Wildman–Crippen MR) is 93.5 cm³/mol. The van der Waals surface area contributed by atoms with Gasteiger partial charge < -0.3 is 18.6 Å². The molecule has 2 bridgehead atoms. The van der Waals surface area contributed by atoms with Gasteiger partial charge in [0.05, 0.1) is 24.4 Å². The Balaban J connectivity index is 1.54. The van der Waals surface area contributed by atoms with Gasteiger partial charge in [-0.15, -0.1) is 0 Å². The monoisotopic (exact) mass is 388 g/mol. The second-order valence-corrected chi connectivity index (χ2v) is 8.95. The third kappa shape index (κ3) is 2.51. The van der Waals surface area contributed by atoms with Crippen molar-refractivity contribution in [1.29, 1.82) is 0 Å². The van der Waals surface area contributed by atoms with E-state index in [1.807, 2.05) is 6.07 Å². The van der Waals surface area contributed by atoms with Gasteiger partial charge in [0.25, 0.3) is 0 Å². The zero-order valence-electron chi connectivity index (χ0n) is 16.0. The molecule has 1 aromatic rings. The first-order valence-electron chi connectivity index (χ1n) is 9.97. The van der Waals surface area contributed by atoms with Gasteiger partial charge in [0, 0.05) is 18.4 Å². The standard InChI is InChI=1S/C21H24O7/c1-10(22)26-16-7-15-20(24)28-17(11-3-4-25-9-11)8-21(15,2)14-6-12-5-13(18(14)16)19(23)27-12/h3-4,9,12-18H,5-8H2,1-2H3/t12-,13+,14+,15-,16-,17-,18+,21-/m0/s1. The van der Waals surface area contributed by atoms with E-state index in [4.69, 9.17) is 18.6 Å². The smallest absolute Gasteiger partial charge is 0.310 e. The van der Waals surface area contributed by atoms with Crippen LogP contribution in [-0.4, -0.2) is 30.1 Å². The number of cyclic esters (lactones) is 1. The maximum absolute atomic E-state index is 13.0. The van der Waals surface area contributed by atoms with Crippen LogP contribution in [0.4, 0.5) is 0 Å². The van der Waals surface area contributed by atoms with Gasteiger partial charge in [-0.3, -0.25) is 14.4 Å². The topological polar surface area (TPSA) is 92.0 Å². The van der Waals surface area contributed by atoms with Crippen molar-refractivity contribution in [3.05, 3.63) is 24.2 Å². The number of furan rings is 1. The molecule has 1 aromatic heterocycles. The van der Waals surface area contributed by atoms with E-state index in [0.29, 0.717) is 25.7 Å². The number of esters is 3. The third-order valence-electron chi connectivity index (χ3n) is 7.49. The minimum absolute atomic E-state index is 0.0491. The number of hydrogen-bond donors (Lipinski definition) is 0. The minimum Gasteiger partial charge on any atom is -0.472 e. The molecule has 2 aliphatic carbocycles. The summed E-state index contributed by atoms with van der Waals surface area (Å²) in [6, 6.07) is 1.82. The van der Waals surface area contributed by atoms with E-state index in [-0.39, 0.29) is 59.2 Å². The molecule has 0 spiro atoms. The summed E-state index contributed by atoms with van der Waals surface area (Å²) in [7, 11) is 0. The molecule has 2 aliphatic heterocycles. The molecular weight excluding hydrogens is 364 g/mol. The molecule has 7 heteroatoms. The first kappa shape index (κ1) is 17.8. The van der Waals surface area contributed by atoms with E-state index >= 15 is 0 Å². The van der Waals surface area contributed by atoms with Crippen molar-refractivity contribution in [2.75, 3.05) is 0 Å². The molecular formula is C21H24O7. The number of rotatable bonds is 2. The second kappa shape index (κ2) is 6.09. The molecule has 2 saturated carbocycles. The van der Waals surface area contributed by atoms with Crippen LogP contribution < -0.4 is 0 Å². The summed E-state index contributed by atoms with van der Waals surface area (Å²) < 4.78 is 22.1. The summed E-state index contributed by atoms with van der Waals surface area (Å²) in [4.78, 5) is 37.2. The van der Waals surface area contributed by atoms with E-state index in [9.17, 15) is 14.4 Å². The highest BCUT2D eigenvalue weighted by Crippen LogP contribution is 2.62. The van der Waals surface area contributed by atoms with Gasteiger partial charge >= 0.3 is 17.9 Å². The minimum atomic E-state index is -0.463. The number of hydrogen-bond acceptors (Lipinski definition) is 7. The Morgan fingerprint density at radius 3 is 2.71 bits per heavy atom. The summed E-state index contributed by atoms with van der Waals surface area (Å²) in [6.07, 6.45) is 4.67. The Kier molecular flexibility index (Phi) is 3.87. The molecule has 0 unspecified atom stereocenters. The van der Waals surface area contributed by atoms with E-state index in [0.717, 1.165) is 5.56 Å². The summed E-state index contributed by atoms with van der Waals surface area (Å²) in [5.41, 5.74) is 0.488. The predicted octanol–water partition coefficient (Wildman–Crippen LogP) is 2.79. The molecule has 0 N–H and O–H groups in total.